The zero-order valence-corrected chi connectivity index (χ0v) is 11.1. The quantitative estimate of drug-likeness (QED) is 0.797. The minimum Gasteiger partial charge on any atom is -0.371 e. The second-order valence-corrected chi connectivity index (χ2v) is 5.67. The van der Waals surface area contributed by atoms with Gasteiger partial charge in [-0.1, -0.05) is 12.8 Å². The molecule has 5 heterocycles. The van der Waals surface area contributed by atoms with Crippen LogP contribution in [0.15, 0.2) is 18.5 Å². The summed E-state index contributed by atoms with van der Waals surface area (Å²) >= 11 is 4.37. The van der Waals surface area contributed by atoms with Gasteiger partial charge in [-0.05, 0) is 18.6 Å². The first-order chi connectivity index (χ1) is 8.70. The summed E-state index contributed by atoms with van der Waals surface area (Å²) in [6.45, 7) is 4.08. The minimum atomic E-state index is 0.426. The van der Waals surface area contributed by atoms with Gasteiger partial charge in [0.05, 0.1) is 24.1 Å². The highest BCUT2D eigenvalue weighted by molar-refractivity contribution is 7.78. The molecule has 0 radical (unpaired) electrons. The number of hydrogen-bond acceptors (Lipinski definition) is 4. The van der Waals surface area contributed by atoms with Crippen molar-refractivity contribution in [2.24, 2.45) is 0 Å². The first-order valence-electron chi connectivity index (χ1n) is 6.28. The van der Waals surface area contributed by atoms with Crippen molar-refractivity contribution in [3.63, 3.8) is 0 Å². The third-order valence-electron chi connectivity index (χ3n) is 3.93. The maximum atomic E-state index is 5.66. The molecule has 0 spiro atoms. The first-order valence-corrected chi connectivity index (χ1v) is 6.68. The molecule has 2 aromatic rings. The highest BCUT2D eigenvalue weighted by atomic mass is 32.1. The van der Waals surface area contributed by atoms with Crippen LogP contribution in [0.1, 0.15) is 12.0 Å². The standard InChI is InChI=1S/C13H15N3OS/c1-8-5-16(18)13-12(8)2-9(4-14-13)15-6-10-3-11(7-15)17-10/h2,4-5,10-11,18H,3,6-7H2,1H3. The third kappa shape index (κ3) is 1.47. The van der Waals surface area contributed by atoms with Crippen LogP contribution < -0.4 is 4.90 Å². The lowest BCUT2D eigenvalue weighted by molar-refractivity contribution is -0.133. The summed E-state index contributed by atoms with van der Waals surface area (Å²) < 4.78 is 7.45. The van der Waals surface area contributed by atoms with E-state index >= 15 is 0 Å². The van der Waals surface area contributed by atoms with Gasteiger partial charge in [0.2, 0.25) is 0 Å². The number of nitrogens with zero attached hydrogens (tertiary/aromatic N) is 3. The van der Waals surface area contributed by atoms with E-state index in [1.54, 1.807) is 3.97 Å². The fourth-order valence-corrected chi connectivity index (χ4v) is 3.31. The molecule has 2 atom stereocenters. The topological polar surface area (TPSA) is 30.3 Å². The Kier molecular flexibility index (Phi) is 2.17. The Morgan fingerprint density at radius 3 is 2.83 bits per heavy atom. The summed E-state index contributed by atoms with van der Waals surface area (Å²) in [6, 6.07) is 2.22. The van der Waals surface area contributed by atoms with Crippen LogP contribution in [-0.2, 0) is 4.74 Å². The number of rotatable bonds is 1. The SMILES string of the molecule is Cc1cn(S)c2ncc(N3CC4CC(C3)O4)cc12. The highest BCUT2D eigenvalue weighted by Crippen LogP contribution is 2.32. The van der Waals surface area contributed by atoms with Gasteiger partial charge >= 0.3 is 0 Å². The molecule has 3 aliphatic rings. The van der Waals surface area contributed by atoms with Gasteiger partial charge in [-0.15, -0.1) is 0 Å². The molecule has 2 aromatic heterocycles. The Morgan fingerprint density at radius 2 is 2.11 bits per heavy atom. The highest BCUT2D eigenvalue weighted by Gasteiger charge is 2.38. The zero-order valence-electron chi connectivity index (χ0n) is 10.2. The molecule has 3 saturated heterocycles. The van der Waals surface area contributed by atoms with Crippen molar-refractivity contribution in [3.8, 4) is 0 Å². The Labute approximate surface area is 111 Å². The van der Waals surface area contributed by atoms with Gasteiger partial charge < -0.3 is 9.64 Å². The number of piperidine rings is 1. The molecule has 5 rings (SSSR count). The summed E-state index contributed by atoms with van der Waals surface area (Å²) in [6.07, 6.45) is 6.02. The predicted molar refractivity (Wildman–Crippen MR) is 74.3 cm³/mol. The van der Waals surface area contributed by atoms with Crippen LogP contribution in [0.25, 0.3) is 11.0 Å². The molecule has 0 N–H and O–H groups in total. The summed E-state index contributed by atoms with van der Waals surface area (Å²) in [4.78, 5) is 6.90. The number of aryl methyl sites for hydroxylation is 1. The molecule has 94 valence electrons. The second kappa shape index (κ2) is 3.65. The molecule has 3 fully saturated rings. The maximum absolute atomic E-state index is 5.66. The van der Waals surface area contributed by atoms with Gasteiger partial charge in [0.25, 0.3) is 0 Å². The van der Waals surface area contributed by atoms with E-state index in [1.807, 2.05) is 12.4 Å². The number of fused-ring (bicyclic) bond motifs is 3. The summed E-state index contributed by atoms with van der Waals surface area (Å²) in [5.41, 5.74) is 3.34. The van der Waals surface area contributed by atoms with Gasteiger partial charge in [0, 0.05) is 31.1 Å². The molecule has 0 aliphatic carbocycles. The lowest BCUT2D eigenvalue weighted by atomic mass is 9.98. The molecule has 0 aromatic carbocycles. The largest absolute Gasteiger partial charge is 0.371 e. The number of hydrogen-bond donors (Lipinski definition) is 1. The number of aromatic nitrogens is 2. The van der Waals surface area contributed by atoms with Crippen molar-refractivity contribution in [1.82, 2.24) is 8.96 Å². The normalized spacial score (nSPS) is 26.4. The molecule has 3 aliphatic heterocycles. The lowest BCUT2D eigenvalue weighted by Gasteiger charge is -2.47. The van der Waals surface area contributed by atoms with Crippen molar-refractivity contribution >= 4 is 29.5 Å². The third-order valence-corrected chi connectivity index (χ3v) is 4.24. The van der Waals surface area contributed by atoms with Crippen molar-refractivity contribution in [1.29, 1.82) is 0 Å². The van der Waals surface area contributed by atoms with E-state index in [0.717, 1.165) is 18.7 Å². The Hall–Kier alpha value is -1.20. The van der Waals surface area contributed by atoms with Crippen LogP contribution >= 0.6 is 12.8 Å². The van der Waals surface area contributed by atoms with Crippen LogP contribution in [0, 0.1) is 6.92 Å². The number of pyridine rings is 1. The van der Waals surface area contributed by atoms with Gasteiger partial charge in [-0.3, -0.25) is 3.97 Å². The number of ether oxygens (including phenoxy) is 1. The minimum absolute atomic E-state index is 0.426. The Bertz CT molecular complexity index is 608. The first kappa shape index (κ1) is 10.7. The molecule has 2 unspecified atom stereocenters. The van der Waals surface area contributed by atoms with Crippen molar-refractivity contribution in [2.45, 2.75) is 25.6 Å². The molecule has 2 bridgehead atoms. The van der Waals surface area contributed by atoms with Gasteiger partial charge in [-0.25, -0.2) is 4.98 Å². The van der Waals surface area contributed by atoms with Crippen LogP contribution in [-0.4, -0.2) is 34.3 Å². The summed E-state index contributed by atoms with van der Waals surface area (Å²) in [7, 11) is 0. The molecule has 0 amide bonds. The van der Waals surface area contributed by atoms with Crippen LogP contribution in [0.2, 0.25) is 0 Å². The van der Waals surface area contributed by atoms with E-state index < -0.39 is 0 Å². The van der Waals surface area contributed by atoms with Gasteiger partial charge in [0.15, 0.2) is 0 Å². The van der Waals surface area contributed by atoms with E-state index in [1.165, 1.54) is 23.1 Å². The lowest BCUT2D eigenvalue weighted by Crippen LogP contribution is -2.57. The molecular weight excluding hydrogens is 246 g/mol. The average Bonchev–Trinajstić information content (AvgIpc) is 2.64. The van der Waals surface area contributed by atoms with Crippen LogP contribution in [0.4, 0.5) is 5.69 Å². The van der Waals surface area contributed by atoms with Crippen LogP contribution in [0.5, 0.6) is 0 Å². The van der Waals surface area contributed by atoms with Crippen LogP contribution in [0.3, 0.4) is 0 Å². The van der Waals surface area contributed by atoms with E-state index in [4.69, 9.17) is 4.74 Å². The van der Waals surface area contributed by atoms with E-state index in [0.29, 0.717) is 12.2 Å². The fourth-order valence-electron chi connectivity index (χ4n) is 2.97. The number of anilines is 1. The second-order valence-electron chi connectivity index (χ2n) is 5.24. The Morgan fingerprint density at radius 1 is 1.39 bits per heavy atom. The molecular formula is C13H15N3OS. The summed E-state index contributed by atoms with van der Waals surface area (Å²) in [5.74, 6) is 0. The molecule has 0 saturated carbocycles. The van der Waals surface area contributed by atoms with Crippen molar-refractivity contribution in [2.75, 3.05) is 18.0 Å². The van der Waals surface area contributed by atoms with E-state index in [-0.39, 0.29) is 0 Å². The van der Waals surface area contributed by atoms with E-state index in [9.17, 15) is 0 Å². The fraction of sp³-hybridized carbons (Fsp3) is 0.462. The average molecular weight is 261 g/mol. The Balaban J connectivity index is 1.74. The zero-order chi connectivity index (χ0) is 12.3. The number of thiol groups is 1. The molecule has 4 nitrogen and oxygen atoms in total. The monoisotopic (exact) mass is 261 g/mol. The molecule has 5 heteroatoms. The molecule has 18 heavy (non-hydrogen) atoms. The van der Waals surface area contributed by atoms with Crippen molar-refractivity contribution in [3.05, 3.63) is 24.0 Å². The van der Waals surface area contributed by atoms with Gasteiger partial charge in [-0.2, -0.15) is 0 Å². The smallest absolute Gasteiger partial charge is 0.150 e. The predicted octanol–water partition coefficient (Wildman–Crippen LogP) is 2.02. The van der Waals surface area contributed by atoms with E-state index in [2.05, 4.69) is 35.7 Å². The number of morpholine rings is 1. The maximum Gasteiger partial charge on any atom is 0.150 e. The van der Waals surface area contributed by atoms with Crippen molar-refractivity contribution < 1.29 is 4.74 Å². The van der Waals surface area contributed by atoms with Gasteiger partial charge in [0.1, 0.15) is 5.65 Å². The summed E-state index contributed by atoms with van der Waals surface area (Å²) in [5, 5.41) is 1.18.